The third-order valence-corrected chi connectivity index (χ3v) is 6.91. The second-order valence-corrected chi connectivity index (χ2v) is 9.27. The molecule has 2 amide bonds. The summed E-state index contributed by atoms with van der Waals surface area (Å²) in [6.45, 7) is 0.563. The molecule has 3 aromatic carbocycles. The second kappa shape index (κ2) is 11.9. The Hall–Kier alpha value is -3.08. The average molecular weight is 481 g/mol. The average Bonchev–Trinajstić information content (AvgIpc) is 2.83. The van der Waals surface area contributed by atoms with Crippen LogP contribution in [0.2, 0.25) is 5.32 Å². The van der Waals surface area contributed by atoms with E-state index in [1.54, 1.807) is 43.5 Å². The van der Waals surface area contributed by atoms with Crippen molar-refractivity contribution in [1.82, 2.24) is 5.32 Å². The molecule has 3 rings (SSSR count). The van der Waals surface area contributed by atoms with Gasteiger partial charge in [0, 0.05) is 0 Å². The van der Waals surface area contributed by atoms with Crippen molar-refractivity contribution in [3.63, 3.8) is 0 Å². The third-order valence-electron chi connectivity index (χ3n) is 4.61. The molecule has 0 aliphatic carbocycles. The molecule has 0 spiro atoms. The van der Waals surface area contributed by atoms with Gasteiger partial charge in [0.2, 0.25) is 0 Å². The molecule has 0 aliphatic heterocycles. The molecule has 0 saturated heterocycles. The number of methoxy groups -OCH3 is 1. The molecule has 0 radical (unpaired) electrons. The zero-order valence-electron chi connectivity index (χ0n) is 17.5. The predicted octanol–water partition coefficient (Wildman–Crippen LogP) is 3.30. The van der Waals surface area contributed by atoms with Gasteiger partial charge < -0.3 is 0 Å². The normalized spacial score (nSPS) is 10.4. The third kappa shape index (κ3) is 6.99. The van der Waals surface area contributed by atoms with Gasteiger partial charge in [-0.25, -0.2) is 0 Å². The minimum absolute atomic E-state index is 0.0378. The number of amides is 2. The van der Waals surface area contributed by atoms with Gasteiger partial charge in [0.05, 0.1) is 7.11 Å². The molecule has 6 heteroatoms. The van der Waals surface area contributed by atoms with Crippen LogP contribution < -0.4 is 19.4 Å². The van der Waals surface area contributed by atoms with Gasteiger partial charge in [-0.1, -0.05) is 0 Å². The quantitative estimate of drug-likeness (QED) is 0.357. The molecular weight excluding hydrogens is 455 g/mol. The number of ether oxygens (including phenoxy) is 1. The van der Waals surface area contributed by atoms with Crippen molar-refractivity contribution in [3.05, 3.63) is 90.5 Å². The summed E-state index contributed by atoms with van der Waals surface area (Å²) in [6, 6.07) is 26.5. The van der Waals surface area contributed by atoms with Crippen LogP contribution in [0.25, 0.3) is 0 Å². The number of carbonyl (C=O) groups is 2. The van der Waals surface area contributed by atoms with Crippen molar-refractivity contribution in [2.75, 3.05) is 25.1 Å². The Morgan fingerprint density at radius 3 is 2.19 bits per heavy atom. The van der Waals surface area contributed by atoms with E-state index < -0.39 is 0 Å². The van der Waals surface area contributed by atoms with Crippen molar-refractivity contribution in [2.45, 2.75) is 11.7 Å². The van der Waals surface area contributed by atoms with Crippen molar-refractivity contribution in [2.24, 2.45) is 0 Å². The summed E-state index contributed by atoms with van der Waals surface area (Å²) in [6.07, 6.45) is 0.913. The van der Waals surface area contributed by atoms with Gasteiger partial charge in [-0.05, 0) is 0 Å². The first-order chi connectivity index (χ1) is 15.2. The van der Waals surface area contributed by atoms with Crippen LogP contribution in [0, 0.1) is 0 Å². The number of anilines is 1. The molecule has 160 valence electrons. The summed E-state index contributed by atoms with van der Waals surface area (Å²) >= 11 is 0.407. The van der Waals surface area contributed by atoms with E-state index in [-0.39, 0.29) is 18.4 Å². The van der Waals surface area contributed by atoms with E-state index in [4.69, 9.17) is 4.74 Å². The van der Waals surface area contributed by atoms with Gasteiger partial charge in [0.25, 0.3) is 0 Å². The van der Waals surface area contributed by atoms with Crippen LogP contribution in [0.3, 0.4) is 0 Å². The summed E-state index contributed by atoms with van der Waals surface area (Å²) in [5.41, 5.74) is 1.19. The molecule has 5 nitrogen and oxygen atoms in total. The Morgan fingerprint density at radius 2 is 1.55 bits per heavy atom. The first-order valence-corrected chi connectivity index (χ1v) is 12.2. The number of rotatable bonds is 10. The molecule has 0 saturated carbocycles. The van der Waals surface area contributed by atoms with Crippen molar-refractivity contribution >= 4 is 36.9 Å². The van der Waals surface area contributed by atoms with Crippen LogP contribution in [0.15, 0.2) is 84.9 Å². The molecule has 0 bridgehead atoms. The van der Waals surface area contributed by atoms with Crippen molar-refractivity contribution in [3.8, 4) is 5.75 Å². The summed E-state index contributed by atoms with van der Waals surface area (Å²) < 4.78 is 6.56. The van der Waals surface area contributed by atoms with E-state index in [1.807, 2.05) is 24.3 Å². The van der Waals surface area contributed by atoms with E-state index >= 15 is 0 Å². The first-order valence-electron chi connectivity index (χ1n) is 10.1. The van der Waals surface area contributed by atoms with Gasteiger partial charge in [-0.2, -0.15) is 0 Å². The SMILES string of the molecule is COc1ccc(N(CC(=O)NCCC[Se]c2ccccc2)C(=O)c2ccccc2)cc1. The number of nitrogens with zero attached hydrogens (tertiary/aromatic N) is 1. The van der Waals surface area contributed by atoms with Crippen LogP contribution in [-0.2, 0) is 4.79 Å². The molecule has 0 heterocycles. The van der Waals surface area contributed by atoms with E-state index in [0.29, 0.717) is 38.5 Å². The van der Waals surface area contributed by atoms with Crippen LogP contribution in [-0.4, -0.2) is 47.0 Å². The summed E-state index contributed by atoms with van der Waals surface area (Å²) in [7, 11) is 1.59. The molecule has 0 aliphatic rings. The molecule has 0 unspecified atom stereocenters. The number of hydrogen-bond acceptors (Lipinski definition) is 3. The van der Waals surface area contributed by atoms with Crippen LogP contribution in [0.5, 0.6) is 5.75 Å². The fourth-order valence-electron chi connectivity index (χ4n) is 2.99. The van der Waals surface area contributed by atoms with Crippen LogP contribution >= 0.6 is 0 Å². The topological polar surface area (TPSA) is 58.6 Å². The molecule has 0 aromatic heterocycles. The Bertz CT molecular complexity index is 963. The Kier molecular flexibility index (Phi) is 8.70. The molecule has 3 aromatic rings. The monoisotopic (exact) mass is 482 g/mol. The predicted molar refractivity (Wildman–Crippen MR) is 125 cm³/mol. The van der Waals surface area contributed by atoms with Crippen molar-refractivity contribution < 1.29 is 14.3 Å². The van der Waals surface area contributed by atoms with E-state index in [9.17, 15) is 9.59 Å². The molecule has 31 heavy (non-hydrogen) atoms. The minimum atomic E-state index is -0.215. The molecule has 0 fully saturated rings. The number of benzene rings is 3. The van der Waals surface area contributed by atoms with Gasteiger partial charge in [0.15, 0.2) is 0 Å². The summed E-state index contributed by atoms with van der Waals surface area (Å²) in [5, 5.41) is 4.01. The summed E-state index contributed by atoms with van der Waals surface area (Å²) in [4.78, 5) is 27.2. The van der Waals surface area contributed by atoms with Crippen LogP contribution in [0.4, 0.5) is 5.69 Å². The maximum absolute atomic E-state index is 13.1. The summed E-state index contributed by atoms with van der Waals surface area (Å²) in [5.74, 6) is 0.307. The van der Waals surface area contributed by atoms with Gasteiger partial charge in [-0.15, -0.1) is 0 Å². The zero-order valence-corrected chi connectivity index (χ0v) is 19.2. The molecule has 0 atom stereocenters. The second-order valence-electron chi connectivity index (χ2n) is 6.82. The zero-order chi connectivity index (χ0) is 21.9. The fourth-order valence-corrected chi connectivity index (χ4v) is 4.82. The Balaban J connectivity index is 1.58. The maximum atomic E-state index is 13.1. The van der Waals surface area contributed by atoms with Crippen LogP contribution in [0.1, 0.15) is 16.8 Å². The number of carbonyl (C=O) groups excluding carboxylic acids is 2. The first kappa shape index (κ1) is 22.6. The van der Waals surface area contributed by atoms with E-state index in [0.717, 1.165) is 11.7 Å². The Morgan fingerprint density at radius 1 is 0.903 bits per heavy atom. The fraction of sp³-hybridized carbons (Fsp3) is 0.200. The molecular formula is C25H26N2O3Se. The van der Waals surface area contributed by atoms with Crippen molar-refractivity contribution in [1.29, 1.82) is 0 Å². The van der Waals surface area contributed by atoms with Gasteiger partial charge in [-0.3, -0.25) is 0 Å². The molecule has 1 N–H and O–H groups in total. The van der Waals surface area contributed by atoms with E-state index in [1.165, 1.54) is 9.36 Å². The van der Waals surface area contributed by atoms with Gasteiger partial charge >= 0.3 is 183 Å². The Labute approximate surface area is 189 Å². The number of hydrogen-bond donors (Lipinski definition) is 1. The van der Waals surface area contributed by atoms with E-state index in [2.05, 4.69) is 29.6 Å². The number of nitrogens with one attached hydrogen (secondary N) is 1. The van der Waals surface area contributed by atoms with Gasteiger partial charge in [0.1, 0.15) is 0 Å². The standard InChI is InChI=1S/C25H26N2O3Se/c1-30-22-15-13-21(14-16-22)27(25(29)20-9-4-2-5-10-20)19-24(28)26-17-8-18-31-23-11-6-3-7-12-23/h2-7,9-16H,8,17-19H2,1H3,(H,26,28).